The van der Waals surface area contributed by atoms with Gasteiger partial charge >= 0.3 is 154 Å². The van der Waals surface area contributed by atoms with Gasteiger partial charge in [-0.3, -0.25) is 0 Å². The van der Waals surface area contributed by atoms with Gasteiger partial charge in [0.25, 0.3) is 0 Å². The van der Waals surface area contributed by atoms with Crippen LogP contribution in [-0.4, -0.2) is 30.0 Å². The van der Waals surface area contributed by atoms with Crippen LogP contribution < -0.4 is 0 Å². The first-order chi connectivity index (χ1) is 9.77. The van der Waals surface area contributed by atoms with Gasteiger partial charge < -0.3 is 0 Å². The SMILES string of the molecule is CCCC[O][Ti]([Cl])([Cl])([O]CCCC)[O]C(Cl)C(Cl)CCCl. The fourth-order valence-corrected chi connectivity index (χ4v) is 7.83. The van der Waals surface area contributed by atoms with Crippen LogP contribution in [0.25, 0.3) is 0 Å². The molecule has 0 aliphatic heterocycles. The maximum atomic E-state index is 6.42. The van der Waals surface area contributed by atoms with Gasteiger partial charge in [0.15, 0.2) is 0 Å². The van der Waals surface area contributed by atoms with Crippen LogP contribution in [0.4, 0.5) is 0 Å². The van der Waals surface area contributed by atoms with Crippen molar-refractivity contribution < 1.29 is 24.3 Å². The molecule has 0 saturated heterocycles. The van der Waals surface area contributed by atoms with Crippen molar-refractivity contribution in [1.29, 1.82) is 0 Å². The van der Waals surface area contributed by atoms with Gasteiger partial charge in [-0.05, 0) is 0 Å². The molecule has 0 radical (unpaired) electrons. The van der Waals surface area contributed by atoms with Crippen molar-refractivity contribution in [3.8, 4) is 0 Å². The van der Waals surface area contributed by atoms with Crippen LogP contribution in [0.5, 0.6) is 0 Å². The van der Waals surface area contributed by atoms with E-state index in [1.165, 1.54) is 0 Å². The Morgan fingerprint density at radius 2 is 1.43 bits per heavy atom. The molecule has 0 aliphatic carbocycles. The maximum absolute atomic E-state index is 6.42. The molecule has 0 heterocycles. The van der Waals surface area contributed by atoms with E-state index in [9.17, 15) is 0 Å². The number of rotatable bonds is 13. The summed E-state index contributed by atoms with van der Waals surface area (Å²) in [5.74, 6) is 0.363. The third kappa shape index (κ3) is 10.5. The van der Waals surface area contributed by atoms with Crippen LogP contribution in [-0.2, 0) is 24.3 Å². The zero-order valence-corrected chi connectivity index (χ0v) is 17.8. The van der Waals surface area contributed by atoms with Gasteiger partial charge in [0.1, 0.15) is 0 Å². The third-order valence-electron chi connectivity index (χ3n) is 2.62. The average Bonchev–Trinajstić information content (AvgIpc) is 2.39. The van der Waals surface area contributed by atoms with Crippen LogP contribution in [0.1, 0.15) is 46.0 Å². The molecular weight excluding hydrogens is 417 g/mol. The van der Waals surface area contributed by atoms with Gasteiger partial charge in [0, 0.05) is 0 Å². The molecule has 0 rings (SSSR count). The Kier molecular flexibility index (Phi) is 12.7. The molecule has 0 aromatic carbocycles. The van der Waals surface area contributed by atoms with Gasteiger partial charge in [-0.1, -0.05) is 0 Å². The summed E-state index contributed by atoms with van der Waals surface area (Å²) in [6.07, 6.45) is 3.97. The van der Waals surface area contributed by atoms with Crippen molar-refractivity contribution in [3.63, 3.8) is 0 Å². The second-order valence-corrected chi connectivity index (χ2v) is 15.9. The molecule has 0 amide bonds. The molecule has 0 fully saturated rings. The Bertz CT molecular complexity index is 270. The van der Waals surface area contributed by atoms with Gasteiger partial charge in [-0.2, -0.15) is 0 Å². The van der Waals surface area contributed by atoms with E-state index in [0.717, 1.165) is 25.7 Å². The first kappa shape index (κ1) is 23.0. The molecule has 0 spiro atoms. The van der Waals surface area contributed by atoms with E-state index in [1.807, 2.05) is 13.8 Å². The minimum atomic E-state index is -5.03. The Balaban J connectivity index is 4.75. The topological polar surface area (TPSA) is 27.7 Å². The molecule has 2 unspecified atom stereocenters. The molecule has 0 bridgehead atoms. The standard InChI is InChI=1S/C4H6Cl3O.2C4H9O.2ClH.Ti/c5-2-1-3(6)4(7)8;2*1-2-3-4-5;;;/h3-4H,1-2H2;2*2-4H2,1H3;2*1H;/q3*-1;;;+5/p-2. The number of unbranched alkanes of at least 4 members (excludes halogenated alkanes) is 2. The third-order valence-corrected chi connectivity index (χ3v) is 9.61. The second kappa shape index (κ2) is 11.6. The predicted molar refractivity (Wildman–Crippen MR) is 89.1 cm³/mol. The van der Waals surface area contributed by atoms with E-state index in [4.69, 9.17) is 63.4 Å². The fraction of sp³-hybridized carbons (Fsp3) is 1.00. The van der Waals surface area contributed by atoms with Gasteiger partial charge in [-0.25, -0.2) is 0 Å². The van der Waals surface area contributed by atoms with Crippen LogP contribution in [0.2, 0.25) is 0 Å². The van der Waals surface area contributed by atoms with Crippen molar-refractivity contribution in [2.24, 2.45) is 0 Å². The summed E-state index contributed by atoms with van der Waals surface area (Å²) in [4.78, 5) is 0. The van der Waals surface area contributed by atoms with E-state index >= 15 is 0 Å². The Morgan fingerprint density at radius 3 is 1.81 bits per heavy atom. The van der Waals surface area contributed by atoms with E-state index in [-0.39, 0.29) is 0 Å². The zero-order valence-electron chi connectivity index (χ0n) is 12.4. The summed E-state index contributed by atoms with van der Waals surface area (Å²) in [7, 11) is 12.8. The molecular formula is C12H24Cl5O3Ti. The number of halogens is 5. The molecule has 0 saturated carbocycles. The molecule has 0 aliphatic rings. The molecule has 9 heteroatoms. The van der Waals surface area contributed by atoms with E-state index < -0.39 is 25.3 Å². The summed E-state index contributed by atoms with van der Waals surface area (Å²) < 4.78 is 16.8. The van der Waals surface area contributed by atoms with Crippen LogP contribution in [0.3, 0.4) is 0 Å². The van der Waals surface area contributed by atoms with Gasteiger partial charge in [-0.15, -0.1) is 0 Å². The first-order valence-corrected chi connectivity index (χ1v) is 14.8. The summed E-state index contributed by atoms with van der Waals surface area (Å²) in [5, 5.41) is -0.519. The number of alkyl halides is 3. The van der Waals surface area contributed by atoms with Crippen molar-refractivity contribution >= 4 is 53.4 Å². The minimum absolute atomic E-state index is 0.360. The molecule has 0 N–H and O–H groups in total. The summed E-state index contributed by atoms with van der Waals surface area (Å²) >= 11 is 12.8. The number of hydrogen-bond donors (Lipinski definition) is 0. The van der Waals surface area contributed by atoms with Crippen molar-refractivity contribution in [2.45, 2.75) is 56.9 Å². The van der Waals surface area contributed by atoms with Crippen LogP contribution in [0.15, 0.2) is 0 Å². The fourth-order valence-electron chi connectivity index (χ4n) is 1.35. The summed E-state index contributed by atoms with van der Waals surface area (Å²) in [6.45, 7) is 4.79. The molecule has 0 aromatic rings. The molecule has 2 atom stereocenters. The average molecular weight is 441 g/mol. The Morgan fingerprint density at radius 1 is 0.952 bits per heavy atom. The summed E-state index contributed by atoms with van der Waals surface area (Å²) in [6, 6.07) is 0. The van der Waals surface area contributed by atoms with Gasteiger partial charge in [0.2, 0.25) is 0 Å². The predicted octanol–water partition coefficient (Wildman–Crippen LogP) is 6.18. The monoisotopic (exact) mass is 439 g/mol. The quantitative estimate of drug-likeness (QED) is 0.194. The van der Waals surface area contributed by atoms with E-state index in [1.54, 1.807) is 0 Å². The molecule has 129 valence electrons. The van der Waals surface area contributed by atoms with Crippen molar-refractivity contribution in [2.75, 3.05) is 19.1 Å². The van der Waals surface area contributed by atoms with Crippen molar-refractivity contribution in [3.05, 3.63) is 0 Å². The van der Waals surface area contributed by atoms with E-state index in [2.05, 4.69) is 0 Å². The summed E-state index contributed by atoms with van der Waals surface area (Å²) in [5.41, 5.74) is -0.916. The molecule has 3 nitrogen and oxygen atoms in total. The molecule has 21 heavy (non-hydrogen) atoms. The molecule has 0 aromatic heterocycles. The second-order valence-electron chi connectivity index (χ2n) is 4.65. The Labute approximate surface area is 152 Å². The Hall–Kier alpha value is 2.04. The van der Waals surface area contributed by atoms with E-state index in [0.29, 0.717) is 25.5 Å². The first-order valence-electron chi connectivity index (χ1n) is 7.16. The van der Waals surface area contributed by atoms with Crippen molar-refractivity contribution in [1.82, 2.24) is 0 Å². The zero-order chi connectivity index (χ0) is 16.4. The number of hydrogen-bond acceptors (Lipinski definition) is 3. The van der Waals surface area contributed by atoms with Gasteiger partial charge in [0.05, 0.1) is 0 Å². The van der Waals surface area contributed by atoms with Crippen LogP contribution >= 0.6 is 53.4 Å². The normalized spacial score (nSPS) is 17.2. The van der Waals surface area contributed by atoms with Crippen LogP contribution in [0, 0.1) is 0 Å².